The first kappa shape index (κ1) is 17.0. The SMILES string of the molecule is Cc1ccccc1N1CC[NH+](CC(=O)N[C@@H](C)c2cccs2)CC1. The number of thiophene rings is 1. The Morgan fingerprint density at radius 1 is 1.25 bits per heavy atom. The van der Waals surface area contributed by atoms with E-state index in [-0.39, 0.29) is 11.9 Å². The summed E-state index contributed by atoms with van der Waals surface area (Å²) in [6.45, 7) is 8.81. The van der Waals surface area contributed by atoms with Gasteiger partial charge in [0.15, 0.2) is 6.54 Å². The van der Waals surface area contributed by atoms with Crippen molar-refractivity contribution in [1.29, 1.82) is 0 Å². The highest BCUT2D eigenvalue weighted by Crippen LogP contribution is 2.19. The molecule has 5 heteroatoms. The Hall–Kier alpha value is -1.85. The quantitative estimate of drug-likeness (QED) is 0.865. The molecule has 0 bridgehead atoms. The summed E-state index contributed by atoms with van der Waals surface area (Å²) in [5.74, 6) is 0.148. The molecule has 0 aliphatic carbocycles. The lowest BCUT2D eigenvalue weighted by Gasteiger charge is -2.34. The summed E-state index contributed by atoms with van der Waals surface area (Å²) in [6.07, 6.45) is 0. The highest BCUT2D eigenvalue weighted by atomic mass is 32.1. The van der Waals surface area contributed by atoms with Crippen molar-refractivity contribution in [2.45, 2.75) is 19.9 Å². The normalized spacial score (nSPS) is 16.8. The van der Waals surface area contributed by atoms with Gasteiger partial charge in [-0.15, -0.1) is 11.3 Å². The van der Waals surface area contributed by atoms with E-state index >= 15 is 0 Å². The van der Waals surface area contributed by atoms with E-state index in [9.17, 15) is 4.79 Å². The minimum absolute atomic E-state index is 0.102. The molecule has 2 N–H and O–H groups in total. The Kier molecular flexibility index (Phi) is 5.53. The van der Waals surface area contributed by atoms with Gasteiger partial charge >= 0.3 is 0 Å². The van der Waals surface area contributed by atoms with Crippen molar-refractivity contribution in [1.82, 2.24) is 5.32 Å². The Balaban J connectivity index is 1.47. The summed E-state index contributed by atoms with van der Waals surface area (Å²) < 4.78 is 0. The average molecular weight is 345 g/mol. The Morgan fingerprint density at radius 2 is 2.00 bits per heavy atom. The number of carbonyl (C=O) groups is 1. The molecule has 4 nitrogen and oxygen atoms in total. The number of hydrogen-bond acceptors (Lipinski definition) is 3. The number of nitrogens with one attached hydrogen (secondary N) is 2. The number of rotatable bonds is 5. The van der Waals surface area contributed by atoms with Crippen LogP contribution >= 0.6 is 11.3 Å². The summed E-state index contributed by atoms with van der Waals surface area (Å²) in [7, 11) is 0. The van der Waals surface area contributed by atoms with Crippen LogP contribution in [0.5, 0.6) is 0 Å². The van der Waals surface area contributed by atoms with Crippen LogP contribution in [-0.2, 0) is 4.79 Å². The number of piperazine rings is 1. The number of anilines is 1. The number of hydrogen-bond donors (Lipinski definition) is 2. The van der Waals surface area contributed by atoms with Gasteiger partial charge in [0.1, 0.15) is 0 Å². The smallest absolute Gasteiger partial charge is 0.275 e. The first-order chi connectivity index (χ1) is 11.6. The van der Waals surface area contributed by atoms with Crippen molar-refractivity contribution in [3.8, 4) is 0 Å². The van der Waals surface area contributed by atoms with Crippen molar-refractivity contribution in [3.63, 3.8) is 0 Å². The van der Waals surface area contributed by atoms with Gasteiger partial charge in [0.2, 0.25) is 0 Å². The summed E-state index contributed by atoms with van der Waals surface area (Å²) in [4.78, 5) is 17.3. The number of quaternary nitrogens is 1. The summed E-state index contributed by atoms with van der Waals surface area (Å²) in [5, 5.41) is 5.17. The Bertz CT molecular complexity index is 663. The first-order valence-electron chi connectivity index (χ1n) is 8.60. The molecule has 128 valence electrons. The number of amides is 1. The van der Waals surface area contributed by atoms with Gasteiger partial charge in [-0.25, -0.2) is 0 Å². The molecule has 1 aromatic carbocycles. The molecular weight excluding hydrogens is 318 g/mol. The number of aryl methyl sites for hydroxylation is 1. The van der Waals surface area contributed by atoms with E-state index in [0.717, 1.165) is 26.2 Å². The van der Waals surface area contributed by atoms with Crippen molar-refractivity contribution in [2.24, 2.45) is 0 Å². The van der Waals surface area contributed by atoms with Gasteiger partial charge in [-0.1, -0.05) is 24.3 Å². The highest BCUT2D eigenvalue weighted by molar-refractivity contribution is 7.10. The monoisotopic (exact) mass is 344 g/mol. The van der Waals surface area contributed by atoms with Gasteiger partial charge in [0.25, 0.3) is 5.91 Å². The van der Waals surface area contributed by atoms with Crippen molar-refractivity contribution < 1.29 is 9.69 Å². The third kappa shape index (κ3) is 4.16. The number of nitrogens with zero attached hydrogens (tertiary/aromatic N) is 1. The third-order valence-corrected chi connectivity index (χ3v) is 5.74. The molecule has 1 aliphatic rings. The fourth-order valence-electron chi connectivity index (χ4n) is 3.29. The van der Waals surface area contributed by atoms with Gasteiger partial charge in [-0.3, -0.25) is 4.79 Å². The zero-order chi connectivity index (χ0) is 16.9. The molecule has 1 fully saturated rings. The van der Waals surface area contributed by atoms with Crippen LogP contribution in [0.3, 0.4) is 0 Å². The predicted molar refractivity (Wildman–Crippen MR) is 99.8 cm³/mol. The maximum absolute atomic E-state index is 12.3. The van der Waals surface area contributed by atoms with Crippen LogP contribution in [0, 0.1) is 6.92 Å². The molecule has 1 aromatic heterocycles. The molecule has 1 amide bonds. The van der Waals surface area contributed by atoms with Crippen LogP contribution in [0.1, 0.15) is 23.4 Å². The Morgan fingerprint density at radius 3 is 2.67 bits per heavy atom. The maximum atomic E-state index is 12.3. The summed E-state index contributed by atoms with van der Waals surface area (Å²) >= 11 is 1.69. The van der Waals surface area contributed by atoms with E-state index in [1.165, 1.54) is 21.0 Å². The maximum Gasteiger partial charge on any atom is 0.275 e. The largest absolute Gasteiger partial charge is 0.360 e. The van der Waals surface area contributed by atoms with Crippen LogP contribution in [0.15, 0.2) is 41.8 Å². The summed E-state index contributed by atoms with van der Waals surface area (Å²) in [5.41, 5.74) is 2.65. The van der Waals surface area contributed by atoms with E-state index in [1.54, 1.807) is 11.3 Å². The summed E-state index contributed by atoms with van der Waals surface area (Å²) in [6, 6.07) is 12.7. The molecule has 1 atom stereocenters. The van der Waals surface area contributed by atoms with Crippen LogP contribution in [0.2, 0.25) is 0 Å². The lowest BCUT2D eigenvalue weighted by Crippen LogP contribution is -3.16. The fourth-order valence-corrected chi connectivity index (χ4v) is 4.02. The van der Waals surface area contributed by atoms with Crippen LogP contribution in [0.4, 0.5) is 5.69 Å². The standard InChI is InChI=1S/C19H25N3OS/c1-15-6-3-4-7-17(15)22-11-9-21(10-12-22)14-19(23)20-16(2)18-8-5-13-24-18/h3-8,13,16H,9-12,14H2,1-2H3,(H,20,23)/p+1/t16-/m0/s1. The molecule has 2 aromatic rings. The second-order valence-electron chi connectivity index (χ2n) is 6.50. The van der Waals surface area contributed by atoms with Crippen molar-refractivity contribution >= 4 is 22.9 Å². The third-order valence-electron chi connectivity index (χ3n) is 4.68. The second kappa shape index (κ2) is 7.81. The second-order valence-corrected chi connectivity index (χ2v) is 7.48. The molecule has 0 saturated carbocycles. The van der Waals surface area contributed by atoms with Gasteiger partial charge in [0.05, 0.1) is 32.2 Å². The molecule has 2 heterocycles. The van der Waals surface area contributed by atoms with Gasteiger partial charge in [-0.2, -0.15) is 0 Å². The number of para-hydroxylation sites is 1. The minimum Gasteiger partial charge on any atom is -0.360 e. The predicted octanol–water partition coefficient (Wildman–Crippen LogP) is 1.64. The minimum atomic E-state index is 0.102. The zero-order valence-electron chi connectivity index (χ0n) is 14.4. The molecule has 0 spiro atoms. The number of benzene rings is 1. The van der Waals surface area contributed by atoms with Crippen molar-refractivity contribution in [2.75, 3.05) is 37.6 Å². The molecule has 1 saturated heterocycles. The molecule has 3 rings (SSSR count). The first-order valence-corrected chi connectivity index (χ1v) is 9.48. The molecule has 24 heavy (non-hydrogen) atoms. The van der Waals surface area contributed by atoms with Crippen LogP contribution in [0.25, 0.3) is 0 Å². The van der Waals surface area contributed by atoms with Gasteiger partial charge in [0, 0.05) is 10.6 Å². The lowest BCUT2D eigenvalue weighted by molar-refractivity contribution is -0.892. The fraction of sp³-hybridized carbons (Fsp3) is 0.421. The zero-order valence-corrected chi connectivity index (χ0v) is 15.2. The Labute approximate surface area is 148 Å². The van der Waals surface area contributed by atoms with E-state index in [4.69, 9.17) is 0 Å². The van der Waals surface area contributed by atoms with E-state index < -0.39 is 0 Å². The van der Waals surface area contributed by atoms with E-state index in [0.29, 0.717) is 6.54 Å². The molecular formula is C19H26N3OS+. The average Bonchev–Trinajstić information content (AvgIpc) is 3.11. The highest BCUT2D eigenvalue weighted by Gasteiger charge is 2.23. The van der Waals surface area contributed by atoms with Gasteiger partial charge < -0.3 is 15.1 Å². The van der Waals surface area contributed by atoms with Gasteiger partial charge in [-0.05, 0) is 36.9 Å². The van der Waals surface area contributed by atoms with Crippen LogP contribution < -0.4 is 15.1 Å². The van der Waals surface area contributed by atoms with E-state index in [2.05, 4.69) is 54.4 Å². The molecule has 0 unspecified atom stereocenters. The number of carbonyl (C=O) groups excluding carboxylic acids is 1. The molecule has 0 radical (unpaired) electrons. The van der Waals surface area contributed by atoms with E-state index in [1.807, 2.05) is 11.4 Å². The lowest BCUT2D eigenvalue weighted by atomic mass is 10.1. The topological polar surface area (TPSA) is 36.8 Å². The van der Waals surface area contributed by atoms with Crippen LogP contribution in [-0.4, -0.2) is 38.6 Å². The molecule has 1 aliphatic heterocycles. The van der Waals surface area contributed by atoms with Crippen molar-refractivity contribution in [3.05, 3.63) is 52.2 Å².